The highest BCUT2D eigenvalue weighted by Gasteiger charge is 2.25. The van der Waals surface area contributed by atoms with Gasteiger partial charge in [0.1, 0.15) is 0 Å². The predicted molar refractivity (Wildman–Crippen MR) is 103 cm³/mol. The van der Waals surface area contributed by atoms with Gasteiger partial charge in [-0.05, 0) is 30.9 Å². The first-order valence-electron chi connectivity index (χ1n) is 8.86. The van der Waals surface area contributed by atoms with Crippen molar-refractivity contribution in [1.82, 2.24) is 15.4 Å². The molecule has 3 rings (SSSR count). The standard InChI is InChI=1S/C19H26N4OS/c1-3-16-11-17(24-22-16)12-21-19(20-2)23-10-9-15(13-23)14-25-18-7-5-4-6-8-18/h4-8,11,15H,3,9-10,12-14H2,1-2H3,(H,20,21). The van der Waals surface area contributed by atoms with Crippen LogP contribution in [0, 0.1) is 5.92 Å². The second kappa shape index (κ2) is 8.94. The van der Waals surface area contributed by atoms with Crippen LogP contribution in [0.15, 0.2) is 50.8 Å². The average molecular weight is 359 g/mol. The van der Waals surface area contributed by atoms with Crippen molar-refractivity contribution in [3.05, 3.63) is 47.9 Å². The van der Waals surface area contributed by atoms with Gasteiger partial charge in [-0.25, -0.2) is 0 Å². The first kappa shape index (κ1) is 17.9. The SMILES string of the molecule is CCc1cc(CNC(=NC)N2CCC(CSc3ccccc3)C2)on1. The summed E-state index contributed by atoms with van der Waals surface area (Å²) in [6, 6.07) is 12.6. The van der Waals surface area contributed by atoms with Crippen molar-refractivity contribution in [2.75, 3.05) is 25.9 Å². The molecule has 5 nitrogen and oxygen atoms in total. The number of likely N-dealkylation sites (tertiary alicyclic amines) is 1. The zero-order chi connectivity index (χ0) is 17.5. The lowest BCUT2D eigenvalue weighted by molar-refractivity contribution is 0.371. The smallest absolute Gasteiger partial charge is 0.194 e. The van der Waals surface area contributed by atoms with Gasteiger partial charge in [0.05, 0.1) is 12.2 Å². The third kappa shape index (κ3) is 5.01. The highest BCUT2D eigenvalue weighted by Crippen LogP contribution is 2.25. The molecule has 1 unspecified atom stereocenters. The molecule has 0 amide bonds. The average Bonchev–Trinajstić information content (AvgIpc) is 3.31. The van der Waals surface area contributed by atoms with Crippen LogP contribution in [0.3, 0.4) is 0 Å². The number of benzene rings is 1. The third-order valence-corrected chi connectivity index (χ3v) is 5.66. The molecule has 0 spiro atoms. The van der Waals surface area contributed by atoms with Crippen LogP contribution in [-0.2, 0) is 13.0 Å². The summed E-state index contributed by atoms with van der Waals surface area (Å²) in [6.07, 6.45) is 2.11. The van der Waals surface area contributed by atoms with Gasteiger partial charge in [0.2, 0.25) is 0 Å². The monoisotopic (exact) mass is 358 g/mol. The first-order valence-corrected chi connectivity index (χ1v) is 9.85. The molecule has 0 saturated carbocycles. The maximum atomic E-state index is 5.33. The maximum Gasteiger partial charge on any atom is 0.194 e. The highest BCUT2D eigenvalue weighted by atomic mass is 32.2. The van der Waals surface area contributed by atoms with E-state index < -0.39 is 0 Å². The van der Waals surface area contributed by atoms with Gasteiger partial charge in [0.25, 0.3) is 0 Å². The van der Waals surface area contributed by atoms with Crippen molar-refractivity contribution in [3.63, 3.8) is 0 Å². The van der Waals surface area contributed by atoms with E-state index in [4.69, 9.17) is 4.52 Å². The Hall–Kier alpha value is -1.95. The summed E-state index contributed by atoms with van der Waals surface area (Å²) in [7, 11) is 1.84. The largest absolute Gasteiger partial charge is 0.359 e. The van der Waals surface area contributed by atoms with E-state index in [9.17, 15) is 0 Å². The quantitative estimate of drug-likeness (QED) is 0.487. The van der Waals surface area contributed by atoms with Crippen molar-refractivity contribution in [3.8, 4) is 0 Å². The van der Waals surface area contributed by atoms with Gasteiger partial charge in [-0.15, -0.1) is 11.8 Å². The minimum absolute atomic E-state index is 0.625. The summed E-state index contributed by atoms with van der Waals surface area (Å²) >= 11 is 1.94. The highest BCUT2D eigenvalue weighted by molar-refractivity contribution is 7.99. The number of hydrogen-bond donors (Lipinski definition) is 1. The van der Waals surface area contributed by atoms with Gasteiger partial charge < -0.3 is 14.7 Å². The van der Waals surface area contributed by atoms with E-state index in [0.29, 0.717) is 12.5 Å². The molecule has 25 heavy (non-hydrogen) atoms. The lowest BCUT2D eigenvalue weighted by atomic mass is 10.2. The second-order valence-electron chi connectivity index (χ2n) is 6.26. The minimum atomic E-state index is 0.625. The van der Waals surface area contributed by atoms with Gasteiger partial charge in [-0.2, -0.15) is 0 Å². The molecule has 1 aromatic carbocycles. The molecule has 0 bridgehead atoms. The van der Waals surface area contributed by atoms with Gasteiger partial charge in [0.15, 0.2) is 11.7 Å². The van der Waals surface area contributed by atoms with Crippen LogP contribution in [-0.4, -0.2) is 41.9 Å². The molecule has 1 saturated heterocycles. The van der Waals surface area contributed by atoms with Crippen molar-refractivity contribution >= 4 is 17.7 Å². The fourth-order valence-electron chi connectivity index (χ4n) is 3.00. The number of guanidine groups is 1. The number of aromatic nitrogens is 1. The number of aliphatic imine (C=N–C) groups is 1. The molecule has 1 aliphatic rings. The Balaban J connectivity index is 1.46. The Morgan fingerprint density at radius 2 is 2.24 bits per heavy atom. The molecule has 0 radical (unpaired) electrons. The number of thioether (sulfide) groups is 1. The first-order chi connectivity index (χ1) is 12.3. The minimum Gasteiger partial charge on any atom is -0.359 e. The van der Waals surface area contributed by atoms with Crippen LogP contribution in [0.5, 0.6) is 0 Å². The molecule has 134 valence electrons. The van der Waals surface area contributed by atoms with E-state index >= 15 is 0 Å². The van der Waals surface area contributed by atoms with Gasteiger partial charge in [0, 0.05) is 36.9 Å². The number of nitrogens with one attached hydrogen (secondary N) is 1. The predicted octanol–water partition coefficient (Wildman–Crippen LogP) is 3.43. The van der Waals surface area contributed by atoms with E-state index in [1.54, 1.807) is 0 Å². The fraction of sp³-hybridized carbons (Fsp3) is 0.474. The molecule has 6 heteroatoms. The summed E-state index contributed by atoms with van der Waals surface area (Å²) in [5.74, 6) is 3.65. The number of nitrogens with zero attached hydrogens (tertiary/aromatic N) is 3. The van der Waals surface area contributed by atoms with Crippen molar-refractivity contribution in [2.45, 2.75) is 31.2 Å². The van der Waals surface area contributed by atoms with E-state index in [1.165, 1.54) is 11.3 Å². The summed E-state index contributed by atoms with van der Waals surface area (Å²) < 4.78 is 5.33. The molecule has 1 N–H and O–H groups in total. The Bertz CT molecular complexity index is 686. The fourth-order valence-corrected chi connectivity index (χ4v) is 4.05. The van der Waals surface area contributed by atoms with Crippen molar-refractivity contribution in [2.24, 2.45) is 10.9 Å². The van der Waals surface area contributed by atoms with E-state index in [-0.39, 0.29) is 0 Å². The molecular weight excluding hydrogens is 332 g/mol. The molecule has 1 fully saturated rings. The summed E-state index contributed by atoms with van der Waals surface area (Å²) in [5.41, 5.74) is 0.992. The van der Waals surface area contributed by atoms with Crippen molar-refractivity contribution < 1.29 is 4.52 Å². The molecule has 1 aliphatic heterocycles. The van der Waals surface area contributed by atoms with Crippen LogP contribution < -0.4 is 5.32 Å². The Kier molecular flexibility index (Phi) is 6.39. The molecule has 1 aromatic heterocycles. The molecule has 2 heterocycles. The zero-order valence-electron chi connectivity index (χ0n) is 14.9. The van der Waals surface area contributed by atoms with E-state index in [1.807, 2.05) is 24.9 Å². The van der Waals surface area contributed by atoms with Crippen LogP contribution >= 0.6 is 11.8 Å². The maximum absolute atomic E-state index is 5.33. The molecule has 2 aromatic rings. The lowest BCUT2D eigenvalue weighted by Gasteiger charge is -2.21. The van der Waals surface area contributed by atoms with Crippen LogP contribution in [0.2, 0.25) is 0 Å². The topological polar surface area (TPSA) is 53.7 Å². The third-order valence-electron chi connectivity index (χ3n) is 4.42. The summed E-state index contributed by atoms with van der Waals surface area (Å²) in [4.78, 5) is 8.12. The summed E-state index contributed by atoms with van der Waals surface area (Å²) in [6.45, 7) is 4.80. The Labute approximate surface area is 153 Å². The van der Waals surface area contributed by atoms with Crippen LogP contribution in [0.4, 0.5) is 0 Å². The normalized spacial score (nSPS) is 17.9. The molecule has 0 aliphatic carbocycles. The van der Waals surface area contributed by atoms with Crippen LogP contribution in [0.1, 0.15) is 24.8 Å². The second-order valence-corrected chi connectivity index (χ2v) is 7.36. The lowest BCUT2D eigenvalue weighted by Crippen LogP contribution is -2.39. The zero-order valence-corrected chi connectivity index (χ0v) is 15.8. The van der Waals surface area contributed by atoms with E-state index in [2.05, 4.69) is 57.6 Å². The number of aryl methyl sites for hydroxylation is 1. The Morgan fingerprint density at radius 1 is 1.40 bits per heavy atom. The number of hydrogen-bond acceptors (Lipinski definition) is 4. The summed E-state index contributed by atoms with van der Waals surface area (Å²) in [5, 5.41) is 7.42. The molecule has 1 atom stereocenters. The van der Waals surface area contributed by atoms with Gasteiger partial charge in [-0.1, -0.05) is 30.3 Å². The number of rotatable bonds is 6. The Morgan fingerprint density at radius 3 is 2.96 bits per heavy atom. The molecular formula is C19H26N4OS. The van der Waals surface area contributed by atoms with Gasteiger partial charge >= 0.3 is 0 Å². The van der Waals surface area contributed by atoms with Crippen molar-refractivity contribution in [1.29, 1.82) is 0 Å². The van der Waals surface area contributed by atoms with E-state index in [0.717, 1.165) is 42.7 Å². The van der Waals surface area contributed by atoms with Crippen LogP contribution in [0.25, 0.3) is 0 Å². The van der Waals surface area contributed by atoms with Gasteiger partial charge in [-0.3, -0.25) is 4.99 Å².